The van der Waals surface area contributed by atoms with E-state index in [4.69, 9.17) is 4.74 Å². The van der Waals surface area contributed by atoms with Crippen molar-refractivity contribution < 1.29 is 14.6 Å². The van der Waals surface area contributed by atoms with Gasteiger partial charge in [-0.3, -0.25) is 4.79 Å². The summed E-state index contributed by atoms with van der Waals surface area (Å²) < 4.78 is 5.04. The maximum Gasteiger partial charge on any atom is 0.251 e. The Bertz CT molecular complexity index is 402. The molecule has 1 amide bonds. The van der Waals surface area contributed by atoms with Crippen molar-refractivity contribution in [1.82, 2.24) is 5.32 Å². The van der Waals surface area contributed by atoms with E-state index in [1.54, 1.807) is 31.4 Å². The number of ether oxygens (including phenoxy) is 1. The van der Waals surface area contributed by atoms with Crippen LogP contribution in [0.25, 0.3) is 0 Å². The minimum atomic E-state index is -0.263. The molecule has 0 aliphatic heterocycles. The number of hydrogen-bond donors (Lipinski definition) is 2. The lowest BCUT2D eigenvalue weighted by Gasteiger charge is -2.15. The third-order valence-corrected chi connectivity index (χ3v) is 3.50. The topological polar surface area (TPSA) is 58.6 Å². The first-order valence-electron chi connectivity index (χ1n) is 6.31. The minimum Gasteiger partial charge on any atom is -0.497 e. The zero-order chi connectivity index (χ0) is 13.0. The van der Waals surface area contributed by atoms with Crippen molar-refractivity contribution in [2.75, 3.05) is 13.7 Å². The van der Waals surface area contributed by atoms with Gasteiger partial charge in [0.25, 0.3) is 5.91 Å². The van der Waals surface area contributed by atoms with Crippen LogP contribution in [0, 0.1) is 5.92 Å². The lowest BCUT2D eigenvalue weighted by molar-refractivity contribution is 0.0917. The zero-order valence-electron chi connectivity index (χ0n) is 10.6. The lowest BCUT2D eigenvalue weighted by atomic mass is 10.1. The molecule has 0 spiro atoms. The van der Waals surface area contributed by atoms with Gasteiger partial charge in [0.15, 0.2) is 0 Å². The zero-order valence-corrected chi connectivity index (χ0v) is 10.6. The van der Waals surface area contributed by atoms with E-state index >= 15 is 0 Å². The first kappa shape index (κ1) is 12.9. The van der Waals surface area contributed by atoms with Crippen molar-refractivity contribution in [2.24, 2.45) is 5.92 Å². The summed E-state index contributed by atoms with van der Waals surface area (Å²) in [6, 6.07) is 7.00. The van der Waals surface area contributed by atoms with E-state index in [9.17, 15) is 9.90 Å². The van der Waals surface area contributed by atoms with Gasteiger partial charge in [0, 0.05) is 18.0 Å². The molecule has 1 aliphatic carbocycles. The van der Waals surface area contributed by atoms with Crippen LogP contribution in [0.1, 0.15) is 29.6 Å². The van der Waals surface area contributed by atoms with Crippen molar-refractivity contribution in [3.63, 3.8) is 0 Å². The molecule has 1 aromatic rings. The minimum absolute atomic E-state index is 0.100. The summed E-state index contributed by atoms with van der Waals surface area (Å²) in [7, 11) is 1.59. The summed E-state index contributed by atoms with van der Waals surface area (Å²) in [6.45, 7) is 0.548. The van der Waals surface area contributed by atoms with Gasteiger partial charge in [-0.25, -0.2) is 0 Å². The van der Waals surface area contributed by atoms with Crippen LogP contribution in [0.4, 0.5) is 0 Å². The molecule has 1 saturated carbocycles. The lowest BCUT2D eigenvalue weighted by Crippen LogP contribution is -2.32. The quantitative estimate of drug-likeness (QED) is 0.852. The Morgan fingerprint density at radius 1 is 1.39 bits per heavy atom. The van der Waals surface area contributed by atoms with Gasteiger partial charge in [-0.2, -0.15) is 0 Å². The highest BCUT2D eigenvalue weighted by atomic mass is 16.5. The molecule has 2 N–H and O–H groups in total. The Kier molecular flexibility index (Phi) is 4.20. The van der Waals surface area contributed by atoms with E-state index in [1.165, 1.54) is 0 Å². The summed E-state index contributed by atoms with van der Waals surface area (Å²) in [6.07, 6.45) is 2.62. The molecule has 98 valence electrons. The van der Waals surface area contributed by atoms with Gasteiger partial charge < -0.3 is 15.2 Å². The standard InChI is InChI=1S/C14H19NO3/c1-18-12-7-5-10(6-8-12)14(17)15-9-11-3-2-4-13(11)16/h5-8,11,13,16H,2-4,9H2,1H3,(H,15,17). The molecule has 18 heavy (non-hydrogen) atoms. The van der Waals surface area contributed by atoms with E-state index in [-0.39, 0.29) is 17.9 Å². The van der Waals surface area contributed by atoms with Gasteiger partial charge in [0.1, 0.15) is 5.75 Å². The molecule has 2 unspecified atom stereocenters. The van der Waals surface area contributed by atoms with E-state index in [0.29, 0.717) is 12.1 Å². The molecule has 1 aromatic carbocycles. The predicted molar refractivity (Wildman–Crippen MR) is 68.7 cm³/mol. The molecule has 1 fully saturated rings. The third-order valence-electron chi connectivity index (χ3n) is 3.50. The molecule has 2 atom stereocenters. The molecule has 4 heteroatoms. The molecular weight excluding hydrogens is 230 g/mol. The number of nitrogens with one attached hydrogen (secondary N) is 1. The SMILES string of the molecule is COc1ccc(C(=O)NCC2CCCC2O)cc1. The fraction of sp³-hybridized carbons (Fsp3) is 0.500. The van der Waals surface area contributed by atoms with Gasteiger partial charge in [0.2, 0.25) is 0 Å². The number of aliphatic hydroxyl groups excluding tert-OH is 1. The summed E-state index contributed by atoms with van der Waals surface area (Å²) in [5.74, 6) is 0.835. The van der Waals surface area contributed by atoms with Crippen LogP contribution in [-0.4, -0.2) is 30.8 Å². The van der Waals surface area contributed by atoms with Crippen LogP contribution < -0.4 is 10.1 Å². The average Bonchev–Trinajstić information content (AvgIpc) is 2.81. The van der Waals surface area contributed by atoms with Gasteiger partial charge in [0.05, 0.1) is 13.2 Å². The third kappa shape index (κ3) is 3.01. The highest BCUT2D eigenvalue weighted by Gasteiger charge is 2.25. The Labute approximate surface area is 107 Å². The molecule has 4 nitrogen and oxygen atoms in total. The smallest absolute Gasteiger partial charge is 0.251 e. The number of methoxy groups -OCH3 is 1. The Morgan fingerprint density at radius 3 is 2.67 bits per heavy atom. The molecule has 2 rings (SSSR count). The number of benzene rings is 1. The number of rotatable bonds is 4. The second-order valence-electron chi connectivity index (χ2n) is 4.70. The van der Waals surface area contributed by atoms with Gasteiger partial charge in [-0.1, -0.05) is 6.42 Å². The Balaban J connectivity index is 1.87. The Hall–Kier alpha value is -1.55. The predicted octanol–water partition coefficient (Wildman–Crippen LogP) is 1.59. The van der Waals surface area contributed by atoms with Crippen LogP contribution in [0.15, 0.2) is 24.3 Å². The first-order chi connectivity index (χ1) is 8.70. The number of amides is 1. The molecule has 0 heterocycles. The van der Waals surface area contributed by atoms with Crippen molar-refractivity contribution in [1.29, 1.82) is 0 Å². The van der Waals surface area contributed by atoms with E-state index in [0.717, 1.165) is 25.0 Å². The number of aliphatic hydroxyl groups is 1. The highest BCUT2D eigenvalue weighted by molar-refractivity contribution is 5.94. The van der Waals surface area contributed by atoms with Crippen LogP contribution >= 0.6 is 0 Å². The number of hydrogen-bond acceptors (Lipinski definition) is 3. The van der Waals surface area contributed by atoms with Crippen LogP contribution in [0.3, 0.4) is 0 Å². The summed E-state index contributed by atoms with van der Waals surface area (Å²) in [5.41, 5.74) is 0.614. The first-order valence-corrected chi connectivity index (χ1v) is 6.31. The van der Waals surface area contributed by atoms with E-state index in [2.05, 4.69) is 5.32 Å². The Morgan fingerprint density at radius 2 is 2.11 bits per heavy atom. The maximum absolute atomic E-state index is 11.9. The summed E-state index contributed by atoms with van der Waals surface area (Å²) in [4.78, 5) is 11.9. The van der Waals surface area contributed by atoms with Gasteiger partial charge in [-0.05, 0) is 37.1 Å². The largest absolute Gasteiger partial charge is 0.497 e. The maximum atomic E-state index is 11.9. The second kappa shape index (κ2) is 5.87. The molecule has 0 aromatic heterocycles. The second-order valence-corrected chi connectivity index (χ2v) is 4.70. The van der Waals surface area contributed by atoms with Crippen molar-refractivity contribution in [3.05, 3.63) is 29.8 Å². The number of carbonyl (C=O) groups excluding carboxylic acids is 1. The van der Waals surface area contributed by atoms with Crippen LogP contribution in [-0.2, 0) is 0 Å². The van der Waals surface area contributed by atoms with Crippen molar-refractivity contribution in [2.45, 2.75) is 25.4 Å². The molecular formula is C14H19NO3. The highest BCUT2D eigenvalue weighted by Crippen LogP contribution is 2.24. The molecule has 0 saturated heterocycles. The molecule has 0 radical (unpaired) electrons. The van der Waals surface area contributed by atoms with Gasteiger partial charge >= 0.3 is 0 Å². The molecule has 1 aliphatic rings. The summed E-state index contributed by atoms with van der Waals surface area (Å²) >= 11 is 0. The van der Waals surface area contributed by atoms with Crippen molar-refractivity contribution >= 4 is 5.91 Å². The van der Waals surface area contributed by atoms with Crippen LogP contribution in [0.5, 0.6) is 5.75 Å². The normalized spacial score (nSPS) is 22.8. The summed E-state index contributed by atoms with van der Waals surface area (Å²) in [5, 5.41) is 12.5. The van der Waals surface area contributed by atoms with Crippen LogP contribution in [0.2, 0.25) is 0 Å². The van der Waals surface area contributed by atoms with Crippen molar-refractivity contribution in [3.8, 4) is 5.75 Å². The monoisotopic (exact) mass is 249 g/mol. The average molecular weight is 249 g/mol. The molecule has 0 bridgehead atoms. The fourth-order valence-electron chi connectivity index (χ4n) is 2.32. The van der Waals surface area contributed by atoms with Gasteiger partial charge in [-0.15, -0.1) is 0 Å². The fourth-order valence-corrected chi connectivity index (χ4v) is 2.32. The number of carbonyl (C=O) groups is 1. The van der Waals surface area contributed by atoms with E-state index < -0.39 is 0 Å². The van der Waals surface area contributed by atoms with E-state index in [1.807, 2.05) is 0 Å².